The zero-order chi connectivity index (χ0) is 14.5. The van der Waals surface area contributed by atoms with Crippen LogP contribution in [-0.4, -0.2) is 17.1 Å². The molecule has 3 nitrogen and oxygen atoms in total. The van der Waals surface area contributed by atoms with E-state index in [4.69, 9.17) is 5.11 Å². The monoisotopic (exact) mass is 279 g/mol. The number of carbonyl (C=O) groups is 1. The van der Waals surface area contributed by atoms with Gasteiger partial charge in [-0.1, -0.05) is 26.2 Å². The number of halogens is 1. The molecule has 2 atom stereocenters. The van der Waals surface area contributed by atoms with Gasteiger partial charge in [-0.05, 0) is 37.0 Å². The fourth-order valence-electron chi connectivity index (χ4n) is 2.88. The first-order valence-corrected chi connectivity index (χ1v) is 7.33. The lowest BCUT2D eigenvalue weighted by Crippen LogP contribution is -2.34. The first-order valence-electron chi connectivity index (χ1n) is 7.33. The zero-order valence-corrected chi connectivity index (χ0v) is 11.9. The van der Waals surface area contributed by atoms with Crippen LogP contribution in [0, 0.1) is 11.7 Å². The summed E-state index contributed by atoms with van der Waals surface area (Å²) < 4.78 is 13.7. The predicted octanol–water partition coefficient (Wildman–Crippen LogP) is 3.58. The van der Waals surface area contributed by atoms with Gasteiger partial charge in [0.2, 0.25) is 0 Å². The summed E-state index contributed by atoms with van der Waals surface area (Å²) in [4.78, 5) is 10.9. The lowest BCUT2D eigenvalue weighted by molar-refractivity contribution is 0.0696. The molecule has 1 fully saturated rings. The van der Waals surface area contributed by atoms with Crippen molar-refractivity contribution in [2.75, 3.05) is 0 Å². The molecule has 0 aliphatic heterocycles. The Morgan fingerprint density at radius 2 is 2.10 bits per heavy atom. The van der Waals surface area contributed by atoms with Crippen LogP contribution in [0.4, 0.5) is 4.39 Å². The molecule has 0 saturated heterocycles. The van der Waals surface area contributed by atoms with Gasteiger partial charge in [-0.3, -0.25) is 0 Å². The number of carboxylic acid groups (broad SMARTS) is 1. The summed E-state index contributed by atoms with van der Waals surface area (Å²) in [5.41, 5.74) is 0.568. The molecule has 0 radical (unpaired) electrons. The minimum atomic E-state index is -1.02. The number of nitrogens with one attached hydrogen (secondary N) is 1. The molecule has 0 spiro atoms. The normalized spacial score (nSPS) is 23.3. The lowest BCUT2D eigenvalue weighted by atomic mass is 9.96. The van der Waals surface area contributed by atoms with Gasteiger partial charge in [0.1, 0.15) is 5.82 Å². The van der Waals surface area contributed by atoms with Gasteiger partial charge in [0.25, 0.3) is 0 Å². The van der Waals surface area contributed by atoms with Crippen LogP contribution in [0.5, 0.6) is 0 Å². The van der Waals surface area contributed by atoms with Gasteiger partial charge < -0.3 is 10.4 Å². The molecular weight excluding hydrogens is 257 g/mol. The minimum absolute atomic E-state index is 0.136. The Kier molecular flexibility index (Phi) is 5.12. The molecule has 1 aromatic rings. The molecule has 1 aliphatic rings. The van der Waals surface area contributed by atoms with Crippen molar-refractivity contribution in [3.8, 4) is 0 Å². The van der Waals surface area contributed by atoms with E-state index in [0.717, 1.165) is 6.42 Å². The molecule has 110 valence electrons. The molecule has 0 bridgehead atoms. The summed E-state index contributed by atoms with van der Waals surface area (Å²) in [5, 5.41) is 12.4. The predicted molar refractivity (Wildman–Crippen MR) is 76.2 cm³/mol. The number of carboxylic acids is 1. The van der Waals surface area contributed by atoms with E-state index < -0.39 is 5.97 Å². The quantitative estimate of drug-likeness (QED) is 0.828. The van der Waals surface area contributed by atoms with Gasteiger partial charge in [0.05, 0.1) is 5.56 Å². The minimum Gasteiger partial charge on any atom is -0.478 e. The topological polar surface area (TPSA) is 49.3 Å². The van der Waals surface area contributed by atoms with Gasteiger partial charge in [0, 0.05) is 18.2 Å². The zero-order valence-electron chi connectivity index (χ0n) is 11.9. The number of aromatic carboxylic acids is 1. The highest BCUT2D eigenvalue weighted by Gasteiger charge is 2.19. The Bertz CT molecular complexity index is 476. The fourth-order valence-corrected chi connectivity index (χ4v) is 2.88. The van der Waals surface area contributed by atoms with Gasteiger partial charge in [-0.25, -0.2) is 9.18 Å². The molecule has 2 rings (SSSR count). The number of hydrogen-bond donors (Lipinski definition) is 2. The average Bonchev–Trinajstić information content (AvgIpc) is 2.62. The maximum absolute atomic E-state index is 13.7. The van der Waals surface area contributed by atoms with Crippen molar-refractivity contribution >= 4 is 5.97 Å². The van der Waals surface area contributed by atoms with E-state index in [0.29, 0.717) is 24.1 Å². The Morgan fingerprint density at radius 1 is 1.35 bits per heavy atom. The molecule has 1 aliphatic carbocycles. The summed E-state index contributed by atoms with van der Waals surface area (Å²) >= 11 is 0. The number of hydrogen-bond acceptors (Lipinski definition) is 2. The summed E-state index contributed by atoms with van der Waals surface area (Å²) in [7, 11) is 0. The van der Waals surface area contributed by atoms with Crippen molar-refractivity contribution in [1.82, 2.24) is 5.32 Å². The summed E-state index contributed by atoms with van der Waals surface area (Å²) in [5.74, 6) is -0.777. The van der Waals surface area contributed by atoms with E-state index in [1.54, 1.807) is 0 Å². The second-order valence-corrected chi connectivity index (χ2v) is 5.71. The molecule has 2 unspecified atom stereocenters. The number of benzene rings is 1. The van der Waals surface area contributed by atoms with Crippen LogP contribution in [-0.2, 0) is 6.54 Å². The first kappa shape index (κ1) is 15.0. The van der Waals surface area contributed by atoms with Crippen molar-refractivity contribution in [1.29, 1.82) is 0 Å². The standard InChI is InChI=1S/C16H22FNO2/c1-11-5-3-2-4-6-15(11)18-10-13-9-12(16(19)20)7-8-14(13)17/h7-9,11,15,18H,2-6,10H2,1H3,(H,19,20). The van der Waals surface area contributed by atoms with Gasteiger partial charge in [-0.15, -0.1) is 0 Å². The van der Waals surface area contributed by atoms with E-state index in [1.165, 1.54) is 43.9 Å². The third-order valence-corrected chi connectivity index (χ3v) is 4.21. The molecule has 1 saturated carbocycles. The Labute approximate surface area is 119 Å². The van der Waals surface area contributed by atoms with Crippen LogP contribution in [0.1, 0.15) is 54.9 Å². The number of rotatable bonds is 4. The van der Waals surface area contributed by atoms with Crippen LogP contribution >= 0.6 is 0 Å². The van der Waals surface area contributed by atoms with Gasteiger partial charge >= 0.3 is 5.97 Å². The highest BCUT2D eigenvalue weighted by Crippen LogP contribution is 2.23. The molecule has 2 N–H and O–H groups in total. The lowest BCUT2D eigenvalue weighted by Gasteiger charge is -2.23. The van der Waals surface area contributed by atoms with Crippen molar-refractivity contribution in [2.24, 2.45) is 5.92 Å². The van der Waals surface area contributed by atoms with Crippen LogP contribution in [0.2, 0.25) is 0 Å². The maximum Gasteiger partial charge on any atom is 0.335 e. The molecule has 4 heteroatoms. The highest BCUT2D eigenvalue weighted by molar-refractivity contribution is 5.87. The molecule has 0 aromatic heterocycles. The van der Waals surface area contributed by atoms with E-state index >= 15 is 0 Å². The van der Waals surface area contributed by atoms with Crippen molar-refractivity contribution in [3.63, 3.8) is 0 Å². The second-order valence-electron chi connectivity index (χ2n) is 5.71. The summed E-state index contributed by atoms with van der Waals surface area (Å²) in [6, 6.07) is 4.35. The van der Waals surface area contributed by atoms with Crippen LogP contribution < -0.4 is 5.32 Å². The van der Waals surface area contributed by atoms with E-state index in [-0.39, 0.29) is 11.4 Å². The molecule has 1 aromatic carbocycles. The SMILES string of the molecule is CC1CCCCCC1NCc1cc(C(=O)O)ccc1F. The van der Waals surface area contributed by atoms with Crippen LogP contribution in [0.3, 0.4) is 0 Å². The largest absolute Gasteiger partial charge is 0.478 e. The smallest absolute Gasteiger partial charge is 0.335 e. The van der Waals surface area contributed by atoms with Crippen LogP contribution in [0.25, 0.3) is 0 Å². The van der Waals surface area contributed by atoms with Gasteiger partial charge in [-0.2, -0.15) is 0 Å². The summed E-state index contributed by atoms with van der Waals surface area (Å²) in [6.45, 7) is 2.62. The van der Waals surface area contributed by atoms with E-state index in [1.807, 2.05) is 0 Å². The molecule has 0 heterocycles. The fraction of sp³-hybridized carbons (Fsp3) is 0.562. The molecular formula is C16H22FNO2. The van der Waals surface area contributed by atoms with E-state index in [9.17, 15) is 9.18 Å². The Hall–Kier alpha value is -1.42. The first-order chi connectivity index (χ1) is 9.58. The van der Waals surface area contributed by atoms with Crippen molar-refractivity contribution in [3.05, 3.63) is 35.1 Å². The molecule has 0 amide bonds. The second kappa shape index (κ2) is 6.84. The van der Waals surface area contributed by atoms with Gasteiger partial charge in [0.15, 0.2) is 0 Å². The third-order valence-electron chi connectivity index (χ3n) is 4.21. The maximum atomic E-state index is 13.7. The third kappa shape index (κ3) is 3.79. The average molecular weight is 279 g/mol. The highest BCUT2D eigenvalue weighted by atomic mass is 19.1. The van der Waals surface area contributed by atoms with E-state index in [2.05, 4.69) is 12.2 Å². The Balaban J connectivity index is 2.02. The van der Waals surface area contributed by atoms with Crippen molar-refractivity contribution < 1.29 is 14.3 Å². The van der Waals surface area contributed by atoms with Crippen LogP contribution in [0.15, 0.2) is 18.2 Å². The molecule has 20 heavy (non-hydrogen) atoms. The van der Waals surface area contributed by atoms with Crippen molar-refractivity contribution in [2.45, 2.75) is 51.6 Å². The Morgan fingerprint density at radius 3 is 2.85 bits per heavy atom. The summed E-state index contributed by atoms with van der Waals surface area (Å²) in [6.07, 6.45) is 6.06.